The van der Waals surface area contributed by atoms with Gasteiger partial charge in [0.05, 0.1) is 11.1 Å². The number of furan rings is 4. The molecule has 24 aromatic rings. The van der Waals surface area contributed by atoms with Crippen LogP contribution in [-0.4, -0.2) is 29.9 Å². The Bertz CT molecular complexity index is 8080. The van der Waals surface area contributed by atoms with Gasteiger partial charge in [0.1, 0.15) is 44.7 Å². The van der Waals surface area contributed by atoms with Gasteiger partial charge in [0.25, 0.3) is 0 Å². The lowest BCUT2D eigenvalue weighted by atomic mass is 9.92. The van der Waals surface area contributed by atoms with Crippen molar-refractivity contribution in [1.29, 1.82) is 0 Å². The first-order valence-corrected chi connectivity index (χ1v) is 39.6. The number of hydrogen-bond donors (Lipinski definition) is 0. The lowest BCUT2D eigenvalue weighted by Crippen LogP contribution is -2.00. The van der Waals surface area contributed by atoms with Gasteiger partial charge in [-0.05, 0) is 159 Å². The Kier molecular flexibility index (Phi) is 14.3. The van der Waals surface area contributed by atoms with E-state index in [0.29, 0.717) is 46.1 Å². The molecule has 0 aliphatic carbocycles. The Balaban J connectivity index is 0.623. The maximum Gasteiger partial charge on any atom is 0.167 e. The molecule has 12 heteroatoms. The summed E-state index contributed by atoms with van der Waals surface area (Å²) in [5, 5.41) is 12.9. The molecule has 0 unspecified atom stereocenters. The average molecular weight is 1490 g/mol. The van der Waals surface area contributed by atoms with Gasteiger partial charge in [-0.25, -0.2) is 29.9 Å². The molecular weight excluding hydrogens is 1440 g/mol. The van der Waals surface area contributed by atoms with Crippen molar-refractivity contribution in [3.05, 3.63) is 340 Å². The highest BCUT2D eigenvalue weighted by Gasteiger charge is 2.26. The standard InChI is InChI=1S/C102H56N6O4S2/c1-4-20-57(21-5-1)97-103-98(58-22-6-2-7-23-58)106-101(105-97)76-34-17-32-71-79-51-62(41-47-83(79)110-94(71)76)68-45-46-69(63-43-49-89-81(53-63)70-28-11-14-37-87(70)113-89)96-93(68)74-44-40-61(55-85(74)112-96)60-26-16-27-65(50-60)100-104-99(59-24-8-3-9-25-59)107-102(108-100)77-35-18-33-72-80-52-64(42-48-84(80)111-95(72)77)78-54-66(56-86-91(78)73-29-10-13-36-82(73)109-86)67-31-19-39-90-92(67)75-30-12-15-38-88(75)114-90/h1-56H. The average Bonchev–Trinajstić information content (AvgIpc) is 1.56. The summed E-state index contributed by atoms with van der Waals surface area (Å²) in [6, 6.07) is 119. The molecule has 10 nitrogen and oxygen atoms in total. The molecule has 0 aliphatic heterocycles. The molecule has 0 aliphatic rings. The van der Waals surface area contributed by atoms with Gasteiger partial charge in [-0.1, -0.05) is 231 Å². The molecule has 0 saturated heterocycles. The molecule has 0 atom stereocenters. The third-order valence-electron chi connectivity index (χ3n) is 22.4. The van der Waals surface area contributed by atoms with E-state index in [1.54, 1.807) is 0 Å². The van der Waals surface area contributed by atoms with Crippen molar-refractivity contribution in [2.75, 3.05) is 0 Å². The van der Waals surface area contributed by atoms with Crippen LogP contribution in [0.3, 0.4) is 0 Å². The van der Waals surface area contributed by atoms with E-state index in [1.807, 2.05) is 132 Å². The molecule has 530 valence electrons. The Hall–Kier alpha value is -14.8. The first-order valence-electron chi connectivity index (χ1n) is 37.9. The summed E-state index contributed by atoms with van der Waals surface area (Å²) in [5.41, 5.74) is 21.5. The Morgan fingerprint density at radius 2 is 0.588 bits per heavy atom. The molecule has 0 bridgehead atoms. The van der Waals surface area contributed by atoms with Crippen LogP contribution >= 0.6 is 22.7 Å². The maximum atomic E-state index is 7.36. The largest absolute Gasteiger partial charge is 0.456 e. The van der Waals surface area contributed by atoms with Gasteiger partial charge in [-0.15, -0.1) is 22.7 Å². The van der Waals surface area contributed by atoms with Crippen molar-refractivity contribution < 1.29 is 17.7 Å². The minimum Gasteiger partial charge on any atom is -0.456 e. The monoisotopic (exact) mass is 1490 g/mol. The minimum atomic E-state index is 0.491. The van der Waals surface area contributed by atoms with E-state index in [4.69, 9.17) is 47.6 Å². The van der Waals surface area contributed by atoms with Crippen molar-refractivity contribution in [2.24, 2.45) is 0 Å². The van der Waals surface area contributed by atoms with Gasteiger partial charge < -0.3 is 17.7 Å². The highest BCUT2D eigenvalue weighted by Crippen LogP contribution is 2.50. The fraction of sp³-hybridized carbons (Fsp3) is 0. The van der Waals surface area contributed by atoms with Gasteiger partial charge in [0.15, 0.2) is 34.9 Å². The zero-order valence-corrected chi connectivity index (χ0v) is 62.1. The second-order valence-electron chi connectivity index (χ2n) is 29.0. The maximum absolute atomic E-state index is 7.36. The fourth-order valence-electron chi connectivity index (χ4n) is 17.1. The van der Waals surface area contributed by atoms with Crippen molar-refractivity contribution in [2.45, 2.75) is 0 Å². The molecule has 0 spiro atoms. The second kappa shape index (κ2) is 25.4. The summed E-state index contributed by atoms with van der Waals surface area (Å²) in [5.74, 6) is 3.24. The number of hydrogen-bond acceptors (Lipinski definition) is 12. The van der Waals surface area contributed by atoms with Crippen LogP contribution in [-0.2, 0) is 0 Å². The number of aromatic nitrogens is 6. The van der Waals surface area contributed by atoms with Crippen LogP contribution in [0.25, 0.3) is 252 Å². The third kappa shape index (κ3) is 10.3. The van der Waals surface area contributed by atoms with E-state index in [2.05, 4.69) is 231 Å². The quantitative estimate of drug-likeness (QED) is 0.123. The number of nitrogens with zero attached hydrogens (tertiary/aromatic N) is 6. The SMILES string of the molecule is c1ccc(-c2nc(-c3cccc(-c4ccc5c(c4)oc4c(-c6ccc7sc8ccccc8c7c6)ccc(-c6ccc7oc8c(-c9nc(-c%10ccccc%10)nc(-c%10ccccc%10)n9)cccc8c7c6)c45)c3)nc(-c3cccc4c3oc3ccc(-c5cc(-c6cccc7sc8ccccc8c67)cc6oc7ccccc7c56)cc34)n2)cc1. The second-order valence-corrected chi connectivity index (χ2v) is 31.2. The third-order valence-corrected chi connectivity index (χ3v) is 24.7. The van der Waals surface area contributed by atoms with Crippen LogP contribution in [0, 0.1) is 0 Å². The van der Waals surface area contributed by atoms with Gasteiger partial charge in [0, 0.05) is 111 Å². The zero-order chi connectivity index (χ0) is 74.6. The molecule has 0 N–H and O–H groups in total. The van der Waals surface area contributed by atoms with Crippen LogP contribution in [0.2, 0.25) is 0 Å². The highest BCUT2D eigenvalue weighted by atomic mass is 32.1. The smallest absolute Gasteiger partial charge is 0.167 e. The Morgan fingerprint density at radius 1 is 0.167 bits per heavy atom. The normalized spacial score (nSPS) is 12.0. The topological polar surface area (TPSA) is 130 Å². The summed E-state index contributed by atoms with van der Waals surface area (Å²) < 4.78 is 33.0. The molecule has 16 aromatic carbocycles. The molecular formula is C102H56N6O4S2. The number of benzene rings is 16. The summed E-state index contributed by atoms with van der Waals surface area (Å²) in [7, 11) is 0. The lowest BCUT2D eigenvalue weighted by molar-refractivity contribution is 0.669. The summed E-state index contributed by atoms with van der Waals surface area (Å²) >= 11 is 3.64. The van der Waals surface area contributed by atoms with Crippen molar-refractivity contribution in [1.82, 2.24) is 29.9 Å². The van der Waals surface area contributed by atoms with E-state index in [1.165, 1.54) is 45.9 Å². The van der Waals surface area contributed by atoms with Gasteiger partial charge in [-0.3, -0.25) is 0 Å². The van der Waals surface area contributed by atoms with Crippen molar-refractivity contribution in [3.63, 3.8) is 0 Å². The summed E-state index contributed by atoms with van der Waals surface area (Å²) in [6.45, 7) is 0. The van der Waals surface area contributed by atoms with E-state index >= 15 is 0 Å². The highest BCUT2D eigenvalue weighted by molar-refractivity contribution is 7.26. The predicted molar refractivity (Wildman–Crippen MR) is 468 cm³/mol. The number of rotatable bonds is 11. The van der Waals surface area contributed by atoms with Gasteiger partial charge >= 0.3 is 0 Å². The van der Waals surface area contributed by atoms with E-state index < -0.39 is 0 Å². The fourth-order valence-corrected chi connectivity index (χ4v) is 19.3. The molecule has 8 heterocycles. The number of para-hydroxylation sites is 3. The lowest BCUT2D eigenvalue weighted by Gasteiger charge is -2.10. The molecule has 8 aromatic heterocycles. The Morgan fingerprint density at radius 3 is 1.26 bits per heavy atom. The van der Waals surface area contributed by atoms with Crippen LogP contribution in [0.15, 0.2) is 357 Å². The summed E-state index contributed by atoms with van der Waals surface area (Å²) in [6.07, 6.45) is 0. The number of thiophene rings is 2. The molecule has 0 radical (unpaired) electrons. The number of fused-ring (bicyclic) bond motifs is 18. The molecule has 0 fully saturated rings. The first kappa shape index (κ1) is 64.0. The molecule has 0 amide bonds. The van der Waals surface area contributed by atoms with E-state index in [9.17, 15) is 0 Å². The molecule has 114 heavy (non-hydrogen) atoms. The van der Waals surface area contributed by atoms with Crippen molar-refractivity contribution in [3.8, 4) is 124 Å². The van der Waals surface area contributed by atoms with E-state index in [-0.39, 0.29) is 0 Å². The zero-order valence-electron chi connectivity index (χ0n) is 60.5. The van der Waals surface area contributed by atoms with Crippen LogP contribution in [0.1, 0.15) is 0 Å². The summed E-state index contributed by atoms with van der Waals surface area (Å²) in [4.78, 5) is 31.2. The molecule has 24 rings (SSSR count). The van der Waals surface area contributed by atoms with Crippen LogP contribution in [0.5, 0.6) is 0 Å². The molecule has 0 saturated carbocycles. The van der Waals surface area contributed by atoms with Crippen LogP contribution < -0.4 is 0 Å². The van der Waals surface area contributed by atoms with Gasteiger partial charge in [-0.2, -0.15) is 0 Å². The van der Waals surface area contributed by atoms with Gasteiger partial charge in [0.2, 0.25) is 0 Å². The van der Waals surface area contributed by atoms with Crippen LogP contribution in [0.4, 0.5) is 0 Å². The Labute approximate surface area is 657 Å². The predicted octanol–water partition coefficient (Wildman–Crippen LogP) is 28.7. The van der Waals surface area contributed by atoms with E-state index in [0.717, 1.165) is 160 Å². The minimum absolute atomic E-state index is 0.491. The first-order chi connectivity index (χ1) is 56.4. The van der Waals surface area contributed by atoms with Crippen molar-refractivity contribution >= 4 is 151 Å².